The minimum absolute atomic E-state index is 0.00850. The van der Waals surface area contributed by atoms with Gasteiger partial charge in [0.2, 0.25) is 5.91 Å². The molecule has 3 saturated heterocycles. The van der Waals surface area contributed by atoms with Crippen LogP contribution in [0, 0.1) is 5.92 Å². The number of nitrogens with one attached hydrogen (secondary N) is 2. The van der Waals surface area contributed by atoms with Crippen LogP contribution in [0.3, 0.4) is 0 Å². The van der Waals surface area contributed by atoms with Crippen molar-refractivity contribution < 1.29 is 32.7 Å². The molecule has 0 radical (unpaired) electrons. The Labute approximate surface area is 236 Å². The van der Waals surface area contributed by atoms with Crippen LogP contribution in [0.15, 0.2) is 9.98 Å². The summed E-state index contributed by atoms with van der Waals surface area (Å²) in [5, 5.41) is 5.35. The van der Waals surface area contributed by atoms with Crippen molar-refractivity contribution in [1.29, 1.82) is 0 Å². The van der Waals surface area contributed by atoms with Gasteiger partial charge in [0.25, 0.3) is 5.91 Å². The standard InChI is InChI=1S/C25H43N7O7Si/c1-17-11-31-12-18(2)38-40(14-17,39-19(3)13-31)10-4-7-27-20(33)5-6-21(34)37-9-8-36-16-32-15-28-22-23(32)29-25(26)30-24(22)35/h15,17-19,22-23H,4-14,16H2,1-3H3,(H,27,33)(H3,26,29,30,35). The van der Waals surface area contributed by atoms with E-state index in [4.69, 9.17) is 24.1 Å². The average Bonchev–Trinajstić information content (AvgIpc) is 3.26. The summed E-state index contributed by atoms with van der Waals surface area (Å²) >= 11 is 0. The number of amides is 2. The molecule has 5 aliphatic heterocycles. The lowest BCUT2D eigenvalue weighted by atomic mass is 10.2. The number of esters is 1. The van der Waals surface area contributed by atoms with Gasteiger partial charge in [0.1, 0.15) is 13.3 Å². The van der Waals surface area contributed by atoms with Gasteiger partial charge in [-0.25, -0.2) is 4.99 Å². The van der Waals surface area contributed by atoms with Crippen molar-refractivity contribution in [2.45, 2.75) is 76.5 Å². The smallest absolute Gasteiger partial charge is 0.339 e. The lowest BCUT2D eigenvalue weighted by Gasteiger charge is -2.46. The van der Waals surface area contributed by atoms with Crippen LogP contribution >= 0.6 is 0 Å². The molecule has 5 rings (SSSR count). The second-order valence-electron chi connectivity index (χ2n) is 11.1. The maximum Gasteiger partial charge on any atom is 0.339 e. The summed E-state index contributed by atoms with van der Waals surface area (Å²) < 4.78 is 23.8. The van der Waals surface area contributed by atoms with Crippen LogP contribution in [0.4, 0.5) is 0 Å². The highest BCUT2D eigenvalue weighted by atomic mass is 28.4. The van der Waals surface area contributed by atoms with Gasteiger partial charge in [-0.1, -0.05) is 6.92 Å². The Balaban J connectivity index is 1.07. The van der Waals surface area contributed by atoms with E-state index in [0.29, 0.717) is 12.5 Å². The van der Waals surface area contributed by atoms with Gasteiger partial charge >= 0.3 is 14.5 Å². The molecular formula is C25H43N7O7Si. The first kappa shape index (κ1) is 30.4. The maximum absolute atomic E-state index is 12.3. The van der Waals surface area contributed by atoms with Crippen LogP contribution in [-0.2, 0) is 32.7 Å². The van der Waals surface area contributed by atoms with E-state index in [1.54, 1.807) is 4.90 Å². The molecule has 14 nitrogen and oxygen atoms in total. The van der Waals surface area contributed by atoms with Crippen molar-refractivity contribution in [3.8, 4) is 0 Å². The van der Waals surface area contributed by atoms with Gasteiger partial charge in [-0.2, -0.15) is 0 Å². The molecule has 15 heteroatoms. The fraction of sp³-hybridized carbons (Fsp3) is 0.800. The third kappa shape index (κ3) is 8.46. The molecule has 0 saturated carbocycles. The average molecular weight is 582 g/mol. The van der Waals surface area contributed by atoms with E-state index >= 15 is 0 Å². The Morgan fingerprint density at radius 1 is 1.18 bits per heavy atom. The zero-order valence-electron chi connectivity index (χ0n) is 23.7. The molecule has 224 valence electrons. The number of fused-ring (bicyclic) bond motifs is 7. The molecule has 0 aromatic heterocycles. The van der Waals surface area contributed by atoms with Gasteiger partial charge in [0.05, 0.1) is 31.6 Å². The minimum atomic E-state index is -2.37. The number of hydrogen-bond acceptors (Lipinski definition) is 12. The Morgan fingerprint density at radius 2 is 1.93 bits per heavy atom. The molecular weight excluding hydrogens is 538 g/mol. The van der Waals surface area contributed by atoms with Crippen LogP contribution in [-0.4, -0.2) is 119 Å². The van der Waals surface area contributed by atoms with Crippen LogP contribution in [0.25, 0.3) is 0 Å². The number of aliphatic imine (C=N–C) groups is 2. The van der Waals surface area contributed by atoms with Crippen molar-refractivity contribution in [3.05, 3.63) is 0 Å². The topological polar surface area (TPSA) is 169 Å². The Bertz CT molecular complexity index is 947. The lowest BCUT2D eigenvalue weighted by Crippen LogP contribution is -2.58. The first-order valence-corrected chi connectivity index (χ1v) is 16.4. The van der Waals surface area contributed by atoms with Crippen LogP contribution in [0.1, 0.15) is 40.0 Å². The summed E-state index contributed by atoms with van der Waals surface area (Å²) in [4.78, 5) is 48.6. The van der Waals surface area contributed by atoms with E-state index in [0.717, 1.165) is 38.1 Å². The Hall–Kier alpha value is -2.59. The highest BCUT2D eigenvalue weighted by Gasteiger charge is 2.45. The normalized spacial score (nSPS) is 33.3. The van der Waals surface area contributed by atoms with Crippen LogP contribution in [0.2, 0.25) is 12.1 Å². The number of hydrogen-bond donors (Lipinski definition) is 3. The summed E-state index contributed by atoms with van der Waals surface area (Å²) in [5.41, 5.74) is 5.61. The molecule has 2 amide bonds. The zero-order valence-corrected chi connectivity index (χ0v) is 24.7. The summed E-state index contributed by atoms with van der Waals surface area (Å²) in [6.45, 7) is 10.3. The maximum atomic E-state index is 12.3. The SMILES string of the molecule is CC1CN2CC(C)O[Si](CCCNC(=O)CCC(=O)OCCOCN3C=NC4C(=O)NC(N)=NC43)(C1)OC(C)C2. The van der Waals surface area contributed by atoms with Crippen molar-refractivity contribution in [1.82, 2.24) is 20.4 Å². The number of ether oxygens (including phenoxy) is 2. The second-order valence-corrected chi connectivity index (χ2v) is 14.3. The molecule has 0 spiro atoms. The van der Waals surface area contributed by atoms with Crippen molar-refractivity contribution in [2.75, 3.05) is 46.1 Å². The van der Waals surface area contributed by atoms with E-state index in [9.17, 15) is 14.4 Å². The van der Waals surface area contributed by atoms with Gasteiger partial charge in [-0.15, -0.1) is 0 Å². The number of carbonyl (C=O) groups excluding carboxylic acids is 3. The number of guanidine groups is 1. The van der Waals surface area contributed by atoms with Gasteiger partial charge in [-0.05, 0) is 38.3 Å². The highest BCUT2D eigenvalue weighted by molar-refractivity contribution is 6.67. The van der Waals surface area contributed by atoms with E-state index in [1.807, 2.05) is 0 Å². The van der Waals surface area contributed by atoms with E-state index in [2.05, 4.69) is 46.3 Å². The first-order chi connectivity index (χ1) is 19.1. The summed E-state index contributed by atoms with van der Waals surface area (Å²) in [5.74, 6) is -0.402. The van der Waals surface area contributed by atoms with Crippen molar-refractivity contribution >= 4 is 38.6 Å². The fourth-order valence-corrected chi connectivity index (χ4v) is 10.0. The molecule has 5 heterocycles. The Morgan fingerprint density at radius 3 is 2.67 bits per heavy atom. The van der Waals surface area contributed by atoms with Gasteiger partial charge in [-0.3, -0.25) is 29.6 Å². The summed E-state index contributed by atoms with van der Waals surface area (Å²) in [6, 6.07) is 1.15. The molecule has 5 atom stereocenters. The largest absolute Gasteiger partial charge is 0.463 e. The van der Waals surface area contributed by atoms with Crippen molar-refractivity contribution in [3.63, 3.8) is 0 Å². The van der Waals surface area contributed by atoms with Gasteiger partial charge in [0, 0.05) is 32.6 Å². The predicted octanol–water partition coefficient (Wildman–Crippen LogP) is -0.509. The predicted molar refractivity (Wildman–Crippen MR) is 148 cm³/mol. The quantitative estimate of drug-likeness (QED) is 0.155. The highest BCUT2D eigenvalue weighted by Crippen LogP contribution is 2.33. The molecule has 5 aliphatic rings. The summed E-state index contributed by atoms with van der Waals surface area (Å²) in [7, 11) is -2.37. The number of nitrogens with two attached hydrogens (primary N) is 1. The van der Waals surface area contributed by atoms with Crippen LogP contribution in [0.5, 0.6) is 0 Å². The lowest BCUT2D eigenvalue weighted by molar-refractivity contribution is -0.146. The third-order valence-corrected chi connectivity index (χ3v) is 11.3. The molecule has 40 heavy (non-hydrogen) atoms. The Kier molecular flexibility index (Phi) is 10.5. The van der Waals surface area contributed by atoms with Gasteiger partial charge < -0.3 is 34.3 Å². The van der Waals surface area contributed by atoms with E-state index < -0.39 is 26.7 Å². The van der Waals surface area contributed by atoms with Gasteiger partial charge in [0.15, 0.2) is 18.2 Å². The number of carbonyl (C=O) groups is 3. The first-order valence-electron chi connectivity index (χ1n) is 14.1. The molecule has 0 aromatic rings. The summed E-state index contributed by atoms with van der Waals surface area (Å²) in [6.07, 6.45) is 2.08. The zero-order chi connectivity index (χ0) is 28.7. The van der Waals surface area contributed by atoms with E-state index in [1.165, 1.54) is 6.34 Å². The van der Waals surface area contributed by atoms with Crippen LogP contribution < -0.4 is 16.4 Å². The molecule has 5 unspecified atom stereocenters. The van der Waals surface area contributed by atoms with E-state index in [-0.39, 0.29) is 62.8 Å². The molecule has 0 aliphatic carbocycles. The number of rotatable bonds is 12. The molecule has 2 bridgehead atoms. The molecule has 0 aromatic carbocycles. The fourth-order valence-electron chi connectivity index (χ4n) is 5.80. The third-order valence-electron chi connectivity index (χ3n) is 7.22. The minimum Gasteiger partial charge on any atom is -0.463 e. The second kappa shape index (κ2) is 13.8. The number of nitrogens with zero attached hydrogens (tertiary/aromatic N) is 4. The van der Waals surface area contributed by atoms with Crippen molar-refractivity contribution in [2.24, 2.45) is 21.6 Å². The molecule has 4 N–H and O–H groups in total. The monoisotopic (exact) mass is 581 g/mol. The molecule has 3 fully saturated rings.